The lowest BCUT2D eigenvalue weighted by Crippen LogP contribution is -2.28. The van der Waals surface area contributed by atoms with Gasteiger partial charge in [-0.25, -0.2) is 0 Å². The molecule has 0 saturated carbocycles. The van der Waals surface area contributed by atoms with Crippen LogP contribution in [0.3, 0.4) is 0 Å². The standard InChI is InChI=1S/C23H21NO6/c1-3-28-17-10-14-9-13(2)29-18(14)11-15(17)12-19-21(25)20(23(26)27)22(30-19)24-16-7-5-4-6-8-16/h4-8,10-13,24H,3,9H2,1-2H3,(H,26,27)/p-1/b19-12-/t13-/m0/s1. The highest BCUT2D eigenvalue weighted by molar-refractivity contribution is 6.25. The van der Waals surface area contributed by atoms with Gasteiger partial charge in [0.05, 0.1) is 12.6 Å². The molecule has 2 aliphatic heterocycles. The van der Waals surface area contributed by atoms with E-state index in [1.807, 2.05) is 26.0 Å². The fraction of sp³-hybridized carbons (Fsp3) is 0.217. The largest absolute Gasteiger partial charge is 0.544 e. The third kappa shape index (κ3) is 3.74. The van der Waals surface area contributed by atoms with Crippen molar-refractivity contribution in [3.8, 4) is 11.5 Å². The summed E-state index contributed by atoms with van der Waals surface area (Å²) in [4.78, 5) is 24.3. The van der Waals surface area contributed by atoms with Gasteiger partial charge in [-0.1, -0.05) is 18.2 Å². The molecule has 4 rings (SSSR count). The molecule has 0 unspecified atom stereocenters. The Morgan fingerprint density at radius 3 is 2.77 bits per heavy atom. The molecule has 154 valence electrons. The van der Waals surface area contributed by atoms with Gasteiger partial charge in [-0.2, -0.15) is 0 Å². The molecule has 2 aromatic rings. The van der Waals surface area contributed by atoms with E-state index in [2.05, 4.69) is 5.32 Å². The number of hydrogen-bond acceptors (Lipinski definition) is 7. The zero-order valence-corrected chi connectivity index (χ0v) is 16.6. The summed E-state index contributed by atoms with van der Waals surface area (Å²) in [6.07, 6.45) is 2.28. The maximum absolute atomic E-state index is 12.7. The molecule has 7 nitrogen and oxygen atoms in total. The number of anilines is 1. The Kier molecular flexibility index (Phi) is 5.18. The van der Waals surface area contributed by atoms with Crippen LogP contribution in [0, 0.1) is 0 Å². The van der Waals surface area contributed by atoms with Gasteiger partial charge in [0.15, 0.2) is 5.76 Å². The Balaban J connectivity index is 1.69. The van der Waals surface area contributed by atoms with Crippen LogP contribution in [-0.2, 0) is 20.7 Å². The van der Waals surface area contributed by atoms with E-state index in [1.54, 1.807) is 30.3 Å². The van der Waals surface area contributed by atoms with E-state index in [9.17, 15) is 14.7 Å². The number of hydrogen-bond donors (Lipinski definition) is 1. The summed E-state index contributed by atoms with van der Waals surface area (Å²) < 4.78 is 17.1. The van der Waals surface area contributed by atoms with Gasteiger partial charge in [0.1, 0.15) is 23.2 Å². The molecule has 1 atom stereocenters. The number of carbonyl (C=O) groups is 2. The predicted molar refractivity (Wildman–Crippen MR) is 108 cm³/mol. The van der Waals surface area contributed by atoms with E-state index in [0.29, 0.717) is 29.4 Å². The van der Waals surface area contributed by atoms with Gasteiger partial charge in [0.25, 0.3) is 0 Å². The van der Waals surface area contributed by atoms with E-state index in [4.69, 9.17) is 14.2 Å². The van der Waals surface area contributed by atoms with Gasteiger partial charge >= 0.3 is 0 Å². The SMILES string of the molecule is CCOc1cc2c(cc1/C=C1\OC(Nc3ccccc3)=C(C(=O)[O-])C1=O)O[C@@H](C)C2. The fourth-order valence-corrected chi connectivity index (χ4v) is 3.44. The lowest BCUT2D eigenvalue weighted by Gasteiger charge is -2.11. The van der Waals surface area contributed by atoms with E-state index in [0.717, 1.165) is 12.0 Å². The van der Waals surface area contributed by atoms with Crippen LogP contribution in [-0.4, -0.2) is 24.5 Å². The number of Topliss-reactive ketones (excluding diaryl/α,β-unsaturated/α-hetero) is 1. The number of nitrogens with one attached hydrogen (secondary N) is 1. The van der Waals surface area contributed by atoms with Gasteiger partial charge in [-0.05, 0) is 44.2 Å². The van der Waals surface area contributed by atoms with Crippen LogP contribution in [0.25, 0.3) is 6.08 Å². The molecule has 2 aromatic carbocycles. The molecule has 0 aliphatic carbocycles. The lowest BCUT2D eigenvalue weighted by atomic mass is 10.0. The van der Waals surface area contributed by atoms with Gasteiger partial charge in [0.2, 0.25) is 11.7 Å². The number of para-hydroxylation sites is 1. The van der Waals surface area contributed by atoms with Gasteiger partial charge < -0.3 is 29.4 Å². The zero-order valence-electron chi connectivity index (χ0n) is 16.6. The second kappa shape index (κ2) is 7.94. The number of rotatable bonds is 6. The summed E-state index contributed by atoms with van der Waals surface area (Å²) in [7, 11) is 0. The average Bonchev–Trinajstić information content (AvgIpc) is 3.21. The minimum Gasteiger partial charge on any atom is -0.544 e. The van der Waals surface area contributed by atoms with Gasteiger partial charge in [-0.15, -0.1) is 0 Å². The third-order valence-electron chi connectivity index (χ3n) is 4.74. The highest BCUT2D eigenvalue weighted by atomic mass is 16.5. The first-order valence-electron chi connectivity index (χ1n) is 9.64. The van der Waals surface area contributed by atoms with Crippen molar-refractivity contribution in [1.82, 2.24) is 0 Å². The molecule has 7 heteroatoms. The number of carboxylic acid groups (broad SMARTS) is 1. The van der Waals surface area contributed by atoms with Crippen LogP contribution in [0.5, 0.6) is 11.5 Å². The molecule has 0 aromatic heterocycles. The highest BCUT2D eigenvalue weighted by Crippen LogP contribution is 2.37. The summed E-state index contributed by atoms with van der Waals surface area (Å²) in [5.41, 5.74) is 1.60. The van der Waals surface area contributed by atoms with E-state index < -0.39 is 17.3 Å². The number of ketones is 1. The molecule has 0 bridgehead atoms. The number of aliphatic carboxylic acids is 1. The maximum atomic E-state index is 12.7. The smallest absolute Gasteiger partial charge is 0.235 e. The van der Waals surface area contributed by atoms with E-state index in [-0.39, 0.29) is 17.7 Å². The lowest BCUT2D eigenvalue weighted by molar-refractivity contribution is -0.298. The van der Waals surface area contributed by atoms with Crippen LogP contribution in [0.2, 0.25) is 0 Å². The Morgan fingerprint density at radius 2 is 2.07 bits per heavy atom. The first kappa shape index (κ1) is 19.6. The van der Waals surface area contributed by atoms with Crippen LogP contribution in [0.1, 0.15) is 25.0 Å². The molecular weight excluding hydrogens is 386 g/mol. The first-order valence-corrected chi connectivity index (χ1v) is 9.64. The summed E-state index contributed by atoms with van der Waals surface area (Å²) in [5, 5.41) is 14.4. The number of benzene rings is 2. The Morgan fingerprint density at radius 1 is 1.30 bits per heavy atom. The molecule has 0 amide bonds. The molecular formula is C23H20NO6-. The second-order valence-corrected chi connectivity index (χ2v) is 6.99. The van der Waals surface area contributed by atoms with Crippen molar-refractivity contribution >= 4 is 23.5 Å². The minimum absolute atomic E-state index is 0.0507. The maximum Gasteiger partial charge on any atom is 0.235 e. The topological polar surface area (TPSA) is 96.9 Å². The molecule has 0 spiro atoms. The number of ether oxygens (including phenoxy) is 3. The van der Waals surface area contributed by atoms with Crippen molar-refractivity contribution in [2.24, 2.45) is 0 Å². The molecule has 0 radical (unpaired) electrons. The highest BCUT2D eigenvalue weighted by Gasteiger charge is 2.32. The van der Waals surface area contributed by atoms with Crippen molar-refractivity contribution in [3.05, 3.63) is 70.8 Å². The monoisotopic (exact) mass is 406 g/mol. The van der Waals surface area contributed by atoms with Crippen LogP contribution in [0.4, 0.5) is 5.69 Å². The van der Waals surface area contributed by atoms with E-state index >= 15 is 0 Å². The fourth-order valence-electron chi connectivity index (χ4n) is 3.44. The summed E-state index contributed by atoms with van der Waals surface area (Å²) in [5.74, 6) is -1.43. The third-order valence-corrected chi connectivity index (χ3v) is 4.74. The van der Waals surface area contributed by atoms with Crippen molar-refractivity contribution in [3.63, 3.8) is 0 Å². The number of carboxylic acids is 1. The number of carbonyl (C=O) groups excluding carboxylic acids is 2. The second-order valence-electron chi connectivity index (χ2n) is 6.99. The molecule has 0 fully saturated rings. The van der Waals surface area contributed by atoms with E-state index in [1.165, 1.54) is 6.08 Å². The average molecular weight is 406 g/mol. The van der Waals surface area contributed by atoms with Crippen molar-refractivity contribution in [1.29, 1.82) is 0 Å². The number of allylic oxidation sites excluding steroid dienone is 1. The van der Waals surface area contributed by atoms with Crippen molar-refractivity contribution < 1.29 is 28.9 Å². The molecule has 1 N–H and O–H groups in total. The summed E-state index contributed by atoms with van der Waals surface area (Å²) in [6.45, 7) is 4.27. The minimum atomic E-state index is -1.61. The van der Waals surface area contributed by atoms with Crippen LogP contribution in [0.15, 0.2) is 59.7 Å². The quantitative estimate of drug-likeness (QED) is 0.581. The summed E-state index contributed by atoms with van der Waals surface area (Å²) >= 11 is 0. The van der Waals surface area contributed by atoms with Crippen LogP contribution < -0.4 is 19.9 Å². The zero-order chi connectivity index (χ0) is 21.3. The Bertz CT molecular complexity index is 1070. The Labute approximate surface area is 173 Å². The van der Waals surface area contributed by atoms with Crippen molar-refractivity contribution in [2.75, 3.05) is 11.9 Å². The molecule has 2 heterocycles. The normalized spacial score (nSPS) is 18.8. The molecule has 30 heavy (non-hydrogen) atoms. The summed E-state index contributed by atoms with van der Waals surface area (Å²) in [6, 6.07) is 12.5. The molecule has 0 saturated heterocycles. The van der Waals surface area contributed by atoms with Crippen LogP contribution >= 0.6 is 0 Å². The first-order chi connectivity index (χ1) is 14.5. The van der Waals surface area contributed by atoms with Gasteiger partial charge in [0, 0.05) is 23.2 Å². The molecule has 2 aliphatic rings. The Hall–Kier alpha value is -3.74. The van der Waals surface area contributed by atoms with Gasteiger partial charge in [-0.3, -0.25) is 4.79 Å². The van der Waals surface area contributed by atoms with Crippen molar-refractivity contribution in [2.45, 2.75) is 26.4 Å². The predicted octanol–water partition coefficient (Wildman–Crippen LogP) is 2.42. The number of fused-ring (bicyclic) bond motifs is 1.